The van der Waals surface area contributed by atoms with Gasteiger partial charge in [-0.05, 0) is 19.2 Å². The van der Waals surface area contributed by atoms with E-state index in [1.807, 2.05) is 6.26 Å². The molecule has 4 heteroatoms. The third-order valence-corrected chi connectivity index (χ3v) is 2.12. The molecular weight excluding hydrogens is 172 g/mol. The minimum absolute atomic E-state index is 0.0949. The molecule has 0 unspecified atom stereocenters. The number of thioether (sulfide) groups is 1. The van der Waals surface area contributed by atoms with Gasteiger partial charge in [-0.2, -0.15) is 0 Å². The average molecular weight is 190 g/mol. The fourth-order valence-corrected chi connectivity index (χ4v) is 1.56. The van der Waals surface area contributed by atoms with Crippen LogP contribution in [-0.2, 0) is 4.79 Å². The van der Waals surface area contributed by atoms with Crippen LogP contribution in [0, 0.1) is 0 Å². The highest BCUT2D eigenvalue weighted by Crippen LogP contribution is 1.99. The lowest BCUT2D eigenvalue weighted by atomic mass is 10.4. The first-order chi connectivity index (χ1) is 5.74. The summed E-state index contributed by atoms with van der Waals surface area (Å²) in [5.41, 5.74) is 0. The molecule has 72 valence electrons. The van der Waals surface area contributed by atoms with Crippen LogP contribution >= 0.6 is 11.8 Å². The summed E-state index contributed by atoms with van der Waals surface area (Å²) in [5, 5.41) is 2.62. The van der Waals surface area contributed by atoms with Gasteiger partial charge in [-0.3, -0.25) is 9.69 Å². The summed E-state index contributed by atoms with van der Waals surface area (Å²) >= 11 is 1.75. The number of carbonyl (C=O) groups excluding carboxylic acids is 1. The summed E-state index contributed by atoms with van der Waals surface area (Å²) in [6.45, 7) is 3.64. The SMILES string of the molecule is CCCN(CSC)CC(=O)NC. The van der Waals surface area contributed by atoms with E-state index in [-0.39, 0.29) is 5.91 Å². The molecule has 0 rings (SSSR count). The minimum atomic E-state index is 0.0949. The van der Waals surface area contributed by atoms with Gasteiger partial charge >= 0.3 is 0 Å². The van der Waals surface area contributed by atoms with Crippen LogP contribution in [0.15, 0.2) is 0 Å². The van der Waals surface area contributed by atoms with Crippen molar-refractivity contribution in [3.63, 3.8) is 0 Å². The minimum Gasteiger partial charge on any atom is -0.358 e. The van der Waals surface area contributed by atoms with Gasteiger partial charge in [0.1, 0.15) is 0 Å². The van der Waals surface area contributed by atoms with Gasteiger partial charge in [0.15, 0.2) is 0 Å². The Balaban J connectivity index is 3.68. The maximum Gasteiger partial charge on any atom is 0.233 e. The van der Waals surface area contributed by atoms with E-state index in [4.69, 9.17) is 0 Å². The van der Waals surface area contributed by atoms with Crippen molar-refractivity contribution in [1.82, 2.24) is 10.2 Å². The predicted octanol–water partition coefficient (Wildman–Crippen LogP) is 0.765. The van der Waals surface area contributed by atoms with E-state index in [1.54, 1.807) is 18.8 Å². The van der Waals surface area contributed by atoms with E-state index in [1.165, 1.54) is 0 Å². The first-order valence-corrected chi connectivity index (χ1v) is 5.55. The predicted molar refractivity (Wildman–Crippen MR) is 54.3 cm³/mol. The van der Waals surface area contributed by atoms with Crippen molar-refractivity contribution in [1.29, 1.82) is 0 Å². The summed E-state index contributed by atoms with van der Waals surface area (Å²) in [6, 6.07) is 0. The van der Waals surface area contributed by atoms with Gasteiger partial charge in [-0.25, -0.2) is 0 Å². The van der Waals surface area contributed by atoms with Crippen LogP contribution in [0.2, 0.25) is 0 Å². The maximum atomic E-state index is 11.0. The first kappa shape index (κ1) is 11.8. The van der Waals surface area contributed by atoms with E-state index in [9.17, 15) is 4.79 Å². The molecule has 0 aromatic rings. The number of likely N-dealkylation sites (N-methyl/N-ethyl adjacent to an activating group) is 1. The Morgan fingerprint density at radius 1 is 1.58 bits per heavy atom. The maximum absolute atomic E-state index is 11.0. The monoisotopic (exact) mass is 190 g/mol. The molecule has 0 radical (unpaired) electrons. The smallest absolute Gasteiger partial charge is 0.233 e. The van der Waals surface area contributed by atoms with Gasteiger partial charge in [-0.15, -0.1) is 11.8 Å². The second-order valence-corrected chi connectivity index (χ2v) is 3.48. The summed E-state index contributed by atoms with van der Waals surface area (Å²) in [4.78, 5) is 13.2. The Kier molecular flexibility index (Phi) is 7.29. The van der Waals surface area contributed by atoms with Gasteiger partial charge in [0.2, 0.25) is 5.91 Å². The summed E-state index contributed by atoms with van der Waals surface area (Å²) in [5.74, 6) is 1.03. The van der Waals surface area contributed by atoms with Crippen molar-refractivity contribution in [2.24, 2.45) is 0 Å². The molecule has 0 aromatic heterocycles. The molecular formula is C8H18N2OS. The van der Waals surface area contributed by atoms with Crippen LogP contribution in [0.1, 0.15) is 13.3 Å². The molecule has 0 saturated carbocycles. The fraction of sp³-hybridized carbons (Fsp3) is 0.875. The number of amides is 1. The van der Waals surface area contributed by atoms with Crippen LogP contribution in [0.3, 0.4) is 0 Å². The second kappa shape index (κ2) is 7.43. The van der Waals surface area contributed by atoms with Gasteiger partial charge in [-0.1, -0.05) is 6.92 Å². The highest BCUT2D eigenvalue weighted by Gasteiger charge is 2.06. The Morgan fingerprint density at radius 2 is 2.25 bits per heavy atom. The fourth-order valence-electron chi connectivity index (χ4n) is 0.970. The first-order valence-electron chi connectivity index (χ1n) is 4.16. The normalized spacial score (nSPS) is 10.3. The molecule has 0 aliphatic heterocycles. The van der Waals surface area contributed by atoms with Crippen molar-refractivity contribution in [3.05, 3.63) is 0 Å². The van der Waals surface area contributed by atoms with Crippen molar-refractivity contribution >= 4 is 17.7 Å². The third kappa shape index (κ3) is 5.43. The Labute approximate surface area is 78.9 Å². The molecule has 12 heavy (non-hydrogen) atoms. The van der Waals surface area contributed by atoms with Crippen molar-refractivity contribution < 1.29 is 4.79 Å². The summed E-state index contributed by atoms with van der Waals surface area (Å²) < 4.78 is 0. The molecule has 1 amide bonds. The number of rotatable bonds is 6. The molecule has 0 saturated heterocycles. The molecule has 1 N–H and O–H groups in total. The van der Waals surface area contributed by atoms with Gasteiger partial charge < -0.3 is 5.32 Å². The average Bonchev–Trinajstić information content (AvgIpc) is 2.05. The van der Waals surface area contributed by atoms with Crippen LogP contribution < -0.4 is 5.32 Å². The quantitative estimate of drug-likeness (QED) is 0.628. The van der Waals surface area contributed by atoms with Crippen LogP contribution in [0.25, 0.3) is 0 Å². The van der Waals surface area contributed by atoms with Crippen molar-refractivity contribution in [2.75, 3.05) is 32.3 Å². The number of hydrogen-bond donors (Lipinski definition) is 1. The van der Waals surface area contributed by atoms with E-state index in [0.29, 0.717) is 6.54 Å². The Hall–Kier alpha value is -0.220. The van der Waals surface area contributed by atoms with Crippen LogP contribution in [0.5, 0.6) is 0 Å². The topological polar surface area (TPSA) is 32.3 Å². The zero-order valence-corrected chi connectivity index (χ0v) is 8.91. The van der Waals surface area contributed by atoms with Gasteiger partial charge in [0, 0.05) is 12.9 Å². The van der Waals surface area contributed by atoms with Crippen LogP contribution in [0.4, 0.5) is 0 Å². The molecule has 3 nitrogen and oxygen atoms in total. The highest BCUT2D eigenvalue weighted by molar-refractivity contribution is 7.98. The lowest BCUT2D eigenvalue weighted by Gasteiger charge is -2.18. The molecule has 0 fully saturated rings. The number of carbonyl (C=O) groups is 1. The highest BCUT2D eigenvalue weighted by atomic mass is 32.2. The van der Waals surface area contributed by atoms with Gasteiger partial charge in [0.05, 0.1) is 6.54 Å². The number of nitrogens with zero attached hydrogens (tertiary/aromatic N) is 1. The molecule has 0 atom stereocenters. The number of nitrogens with one attached hydrogen (secondary N) is 1. The molecule has 0 aliphatic rings. The largest absolute Gasteiger partial charge is 0.358 e. The third-order valence-electron chi connectivity index (χ3n) is 1.50. The van der Waals surface area contributed by atoms with E-state index in [0.717, 1.165) is 18.8 Å². The summed E-state index contributed by atoms with van der Waals surface area (Å²) in [6.07, 6.45) is 3.14. The van der Waals surface area contributed by atoms with Gasteiger partial charge in [0.25, 0.3) is 0 Å². The second-order valence-electron chi connectivity index (χ2n) is 2.64. The molecule has 0 bridgehead atoms. The lowest BCUT2D eigenvalue weighted by Crippen LogP contribution is -2.35. The van der Waals surface area contributed by atoms with E-state index >= 15 is 0 Å². The van der Waals surface area contributed by atoms with Crippen LogP contribution in [-0.4, -0.2) is 43.1 Å². The van der Waals surface area contributed by atoms with E-state index in [2.05, 4.69) is 17.1 Å². The Morgan fingerprint density at radius 3 is 2.67 bits per heavy atom. The molecule has 0 aromatic carbocycles. The zero-order chi connectivity index (χ0) is 9.40. The number of hydrogen-bond acceptors (Lipinski definition) is 3. The summed E-state index contributed by atoms with van der Waals surface area (Å²) in [7, 11) is 1.67. The molecule has 0 heterocycles. The Bertz CT molecular complexity index is 124. The standard InChI is InChI=1S/C8H18N2OS/c1-4-5-10(7-12-3)6-8(11)9-2/h4-7H2,1-3H3,(H,9,11). The zero-order valence-electron chi connectivity index (χ0n) is 8.09. The van der Waals surface area contributed by atoms with E-state index < -0.39 is 0 Å². The molecule has 0 aliphatic carbocycles. The molecule has 0 spiro atoms. The van der Waals surface area contributed by atoms with Crippen molar-refractivity contribution in [2.45, 2.75) is 13.3 Å². The lowest BCUT2D eigenvalue weighted by molar-refractivity contribution is -0.121. The van der Waals surface area contributed by atoms with Crippen molar-refractivity contribution in [3.8, 4) is 0 Å².